The first kappa shape index (κ1) is 17.0. The Morgan fingerprint density at radius 3 is 2.05 bits per heavy atom. The molecule has 1 aliphatic heterocycles. The van der Waals surface area contributed by atoms with Gasteiger partial charge in [-0.25, -0.2) is 4.18 Å². The quantitative estimate of drug-likeness (QED) is 0.458. The van der Waals surface area contributed by atoms with E-state index in [1.54, 1.807) is 0 Å². The summed E-state index contributed by atoms with van der Waals surface area (Å²) in [5.74, 6) is -0.160. The van der Waals surface area contributed by atoms with E-state index >= 15 is 0 Å². The molecule has 0 saturated carbocycles. The maximum atomic E-state index is 11.9. The zero-order valence-electron chi connectivity index (χ0n) is 12.5. The first-order valence-electron chi connectivity index (χ1n) is 7.25. The van der Waals surface area contributed by atoms with Crippen molar-refractivity contribution >= 4 is 10.1 Å². The van der Waals surface area contributed by atoms with E-state index < -0.39 is 16.5 Å². The molecule has 1 heterocycles. The van der Waals surface area contributed by atoms with Crippen LogP contribution in [0.25, 0.3) is 0 Å². The summed E-state index contributed by atoms with van der Waals surface area (Å²) in [6.45, 7) is 9.27. The van der Waals surface area contributed by atoms with Gasteiger partial charge < -0.3 is 9.80 Å². The highest BCUT2D eigenvalue weighted by molar-refractivity contribution is 7.86. The molecule has 0 saturated heterocycles. The van der Waals surface area contributed by atoms with Crippen LogP contribution in [0.15, 0.2) is 25.1 Å². The first-order valence-corrected chi connectivity index (χ1v) is 8.83. The molecule has 0 atom stereocenters. The van der Waals surface area contributed by atoms with Crippen molar-refractivity contribution in [3.63, 3.8) is 0 Å². The second-order valence-electron chi connectivity index (χ2n) is 4.92. The van der Waals surface area contributed by atoms with Crippen LogP contribution in [0.1, 0.15) is 39.5 Å². The molecule has 20 heavy (non-hydrogen) atoms. The van der Waals surface area contributed by atoms with Gasteiger partial charge in [0.05, 0.1) is 5.75 Å². The Labute approximate surface area is 123 Å². The fourth-order valence-corrected chi connectivity index (χ4v) is 2.84. The molecule has 0 aromatic heterocycles. The lowest BCUT2D eigenvalue weighted by Crippen LogP contribution is -2.43. The molecule has 0 unspecified atom stereocenters. The third-order valence-corrected chi connectivity index (χ3v) is 4.22. The fraction of sp³-hybridized carbons (Fsp3) is 0.714. The lowest BCUT2D eigenvalue weighted by atomic mass is 10.3. The van der Waals surface area contributed by atoms with Crippen molar-refractivity contribution in [1.29, 1.82) is 0 Å². The molecule has 0 bridgehead atoms. The van der Waals surface area contributed by atoms with Crippen molar-refractivity contribution in [2.45, 2.75) is 45.9 Å². The van der Waals surface area contributed by atoms with Gasteiger partial charge in [0.1, 0.15) is 0 Å². The van der Waals surface area contributed by atoms with Crippen LogP contribution >= 0.6 is 0 Å². The maximum absolute atomic E-state index is 11.9. The minimum atomic E-state index is -3.57. The molecule has 5 nitrogen and oxygen atoms in total. The SMILES string of the molecule is C=CCS(=O)(=O)OC1N(CCCC)C=CN1CCCC. The van der Waals surface area contributed by atoms with E-state index in [-0.39, 0.29) is 5.75 Å². The van der Waals surface area contributed by atoms with E-state index in [1.165, 1.54) is 6.08 Å². The summed E-state index contributed by atoms with van der Waals surface area (Å²) in [5.41, 5.74) is 0. The van der Waals surface area contributed by atoms with Crippen molar-refractivity contribution in [3.05, 3.63) is 25.1 Å². The van der Waals surface area contributed by atoms with Crippen LogP contribution in [0, 0.1) is 0 Å². The largest absolute Gasteiger partial charge is 0.333 e. The average molecular weight is 302 g/mol. The van der Waals surface area contributed by atoms with Gasteiger partial charge in [0.2, 0.25) is 6.35 Å². The molecule has 0 fully saturated rings. The van der Waals surface area contributed by atoms with Crippen molar-refractivity contribution in [3.8, 4) is 0 Å². The number of hydrogen-bond donors (Lipinski definition) is 0. The standard InChI is InChI=1S/C14H26N2O3S/c1-4-7-9-15-11-12-16(10-8-5-2)14(15)19-20(17,18)13-6-3/h6,11-12,14H,3-5,7-10,13H2,1-2H3. The molecule has 0 aliphatic carbocycles. The molecule has 116 valence electrons. The lowest BCUT2D eigenvalue weighted by molar-refractivity contribution is -0.0213. The van der Waals surface area contributed by atoms with Gasteiger partial charge in [0, 0.05) is 25.5 Å². The highest BCUT2D eigenvalue weighted by atomic mass is 32.2. The summed E-state index contributed by atoms with van der Waals surface area (Å²) in [6.07, 6.45) is 8.78. The van der Waals surface area contributed by atoms with Crippen molar-refractivity contribution in [2.75, 3.05) is 18.8 Å². The Balaban J connectivity index is 2.72. The molecule has 0 aromatic carbocycles. The Bertz CT molecular complexity index is 402. The molecule has 1 rings (SSSR count). The van der Waals surface area contributed by atoms with Gasteiger partial charge in [-0.3, -0.25) is 0 Å². The molecular weight excluding hydrogens is 276 g/mol. The molecule has 0 N–H and O–H groups in total. The van der Waals surface area contributed by atoms with E-state index in [0.717, 1.165) is 38.8 Å². The normalized spacial score (nSPS) is 16.1. The minimum Gasteiger partial charge on any atom is -0.333 e. The van der Waals surface area contributed by atoms with Crippen molar-refractivity contribution in [2.24, 2.45) is 0 Å². The van der Waals surface area contributed by atoms with Gasteiger partial charge in [-0.2, -0.15) is 8.42 Å². The molecule has 0 amide bonds. The number of rotatable bonds is 10. The second-order valence-corrected chi connectivity index (χ2v) is 6.56. The lowest BCUT2D eigenvalue weighted by Gasteiger charge is -2.31. The minimum absolute atomic E-state index is 0.160. The van der Waals surface area contributed by atoms with Crippen molar-refractivity contribution < 1.29 is 12.6 Å². The van der Waals surface area contributed by atoms with E-state index in [0.29, 0.717) is 0 Å². The van der Waals surface area contributed by atoms with Gasteiger partial charge >= 0.3 is 0 Å². The van der Waals surface area contributed by atoms with Gasteiger partial charge in [-0.05, 0) is 12.8 Å². The molecule has 0 aromatic rings. The monoisotopic (exact) mass is 302 g/mol. The van der Waals surface area contributed by atoms with Gasteiger partial charge in [-0.15, -0.1) is 6.58 Å². The van der Waals surface area contributed by atoms with Crippen LogP contribution < -0.4 is 0 Å². The summed E-state index contributed by atoms with van der Waals surface area (Å²) >= 11 is 0. The van der Waals surface area contributed by atoms with Crippen molar-refractivity contribution in [1.82, 2.24) is 9.80 Å². The molecule has 1 aliphatic rings. The summed E-state index contributed by atoms with van der Waals surface area (Å²) in [5, 5.41) is 0. The fourth-order valence-electron chi connectivity index (χ4n) is 1.99. The highest BCUT2D eigenvalue weighted by Gasteiger charge is 2.30. The number of nitrogens with zero attached hydrogens (tertiary/aromatic N) is 2. The Morgan fingerprint density at radius 2 is 1.65 bits per heavy atom. The second kappa shape index (κ2) is 8.32. The van der Waals surface area contributed by atoms with E-state index in [1.807, 2.05) is 22.2 Å². The maximum Gasteiger partial charge on any atom is 0.274 e. The summed E-state index contributed by atoms with van der Waals surface area (Å²) in [4.78, 5) is 3.89. The molecular formula is C14H26N2O3S. The average Bonchev–Trinajstić information content (AvgIpc) is 2.75. The predicted molar refractivity (Wildman–Crippen MR) is 81.2 cm³/mol. The smallest absolute Gasteiger partial charge is 0.274 e. The van der Waals surface area contributed by atoms with Crippen LogP contribution in [-0.2, 0) is 14.3 Å². The molecule has 6 heteroatoms. The third-order valence-electron chi connectivity index (χ3n) is 3.11. The third kappa shape index (κ3) is 5.17. The van der Waals surface area contributed by atoms with Crippen LogP contribution in [0.5, 0.6) is 0 Å². The van der Waals surface area contributed by atoms with Crippen LogP contribution in [0.3, 0.4) is 0 Å². The number of unbranched alkanes of at least 4 members (excludes halogenated alkanes) is 2. The summed E-state index contributed by atoms with van der Waals surface area (Å²) in [6, 6.07) is 0. The Morgan fingerprint density at radius 1 is 1.15 bits per heavy atom. The zero-order chi connectivity index (χ0) is 15.0. The molecule has 0 radical (unpaired) electrons. The zero-order valence-corrected chi connectivity index (χ0v) is 13.3. The van der Waals surface area contributed by atoms with Gasteiger partial charge in [-0.1, -0.05) is 32.8 Å². The van der Waals surface area contributed by atoms with Gasteiger partial charge in [0.25, 0.3) is 10.1 Å². The van der Waals surface area contributed by atoms with E-state index in [4.69, 9.17) is 4.18 Å². The van der Waals surface area contributed by atoms with Gasteiger partial charge in [0.15, 0.2) is 0 Å². The first-order chi connectivity index (χ1) is 9.54. The highest BCUT2D eigenvalue weighted by Crippen LogP contribution is 2.20. The number of hydrogen-bond acceptors (Lipinski definition) is 5. The predicted octanol–water partition coefficient (Wildman–Crippen LogP) is 2.49. The summed E-state index contributed by atoms with van der Waals surface area (Å²) < 4.78 is 29.1. The Kier molecular flexibility index (Phi) is 7.09. The van der Waals surface area contributed by atoms with E-state index in [2.05, 4.69) is 20.4 Å². The van der Waals surface area contributed by atoms with Crippen LogP contribution in [0.4, 0.5) is 0 Å². The van der Waals surface area contributed by atoms with E-state index in [9.17, 15) is 8.42 Å². The Hall–Kier alpha value is -1.01. The molecule has 0 spiro atoms. The summed E-state index contributed by atoms with van der Waals surface area (Å²) in [7, 11) is -3.57. The topological polar surface area (TPSA) is 49.9 Å². The van der Waals surface area contributed by atoms with Crippen LogP contribution in [-0.4, -0.2) is 43.4 Å². The van der Waals surface area contributed by atoms with Crippen LogP contribution in [0.2, 0.25) is 0 Å².